The van der Waals surface area contributed by atoms with Crippen LogP contribution < -0.4 is 10.6 Å². The summed E-state index contributed by atoms with van der Waals surface area (Å²) in [6.45, 7) is 0. The third-order valence-corrected chi connectivity index (χ3v) is 4.61. The fourth-order valence-corrected chi connectivity index (χ4v) is 3.17. The van der Waals surface area contributed by atoms with Gasteiger partial charge in [-0.1, -0.05) is 41.1 Å². The first kappa shape index (κ1) is 18.4. The van der Waals surface area contributed by atoms with Gasteiger partial charge in [0.15, 0.2) is 5.13 Å². The van der Waals surface area contributed by atoms with Gasteiger partial charge in [-0.3, -0.25) is 14.9 Å². The van der Waals surface area contributed by atoms with Crippen molar-refractivity contribution in [2.75, 3.05) is 5.32 Å². The number of hydrogen-bond acceptors (Lipinski definition) is 7. The van der Waals surface area contributed by atoms with E-state index in [0.29, 0.717) is 15.5 Å². The minimum Gasteiger partial charge on any atom is -0.464 e. The van der Waals surface area contributed by atoms with Gasteiger partial charge < -0.3 is 19.8 Å². The Labute approximate surface area is 156 Å². The summed E-state index contributed by atoms with van der Waals surface area (Å²) in [5, 5.41) is 24.6. The van der Waals surface area contributed by atoms with Crippen LogP contribution >= 0.6 is 22.9 Å². The number of rotatable bonds is 5. The van der Waals surface area contributed by atoms with Crippen molar-refractivity contribution in [3.8, 4) is 0 Å². The molecule has 2 aromatic heterocycles. The predicted molar refractivity (Wildman–Crippen MR) is 97.8 cm³/mol. The molecule has 0 bridgehead atoms. The van der Waals surface area contributed by atoms with Gasteiger partial charge in [-0.05, 0) is 18.1 Å². The Morgan fingerprint density at radius 1 is 1.31 bits per heavy atom. The Kier molecular flexibility index (Phi) is 5.57. The number of thiazole rings is 1. The van der Waals surface area contributed by atoms with Gasteiger partial charge in [0.1, 0.15) is 9.92 Å². The van der Waals surface area contributed by atoms with E-state index in [4.69, 9.17) is 16.0 Å². The molecule has 2 amide bonds. The molecule has 0 radical (unpaired) electrons. The molecule has 0 saturated heterocycles. The Morgan fingerprint density at radius 2 is 2.08 bits per heavy atom. The highest BCUT2D eigenvalue weighted by atomic mass is 35.5. The highest BCUT2D eigenvalue weighted by molar-refractivity contribution is 7.19. The second-order valence-corrected chi connectivity index (χ2v) is 7.04. The van der Waals surface area contributed by atoms with Crippen LogP contribution in [0.15, 0.2) is 41.1 Å². The number of carbonyl (C=O) groups excluding carboxylic acids is 2. The number of amides is 2. The van der Waals surface area contributed by atoms with Crippen LogP contribution in [0.4, 0.5) is 5.13 Å². The van der Waals surface area contributed by atoms with E-state index in [-0.39, 0.29) is 11.6 Å². The van der Waals surface area contributed by atoms with Crippen molar-refractivity contribution in [2.45, 2.75) is 12.4 Å². The summed E-state index contributed by atoms with van der Waals surface area (Å²) in [6, 6.07) is 7.21. The Hall–Kier alpha value is -2.40. The maximum absolute atomic E-state index is 12.0. The third-order valence-electron chi connectivity index (χ3n) is 3.58. The van der Waals surface area contributed by atoms with E-state index >= 15 is 0 Å². The Bertz CT molecular complexity index is 944. The van der Waals surface area contributed by atoms with Crippen molar-refractivity contribution in [3.05, 3.63) is 46.6 Å². The number of anilines is 1. The average Bonchev–Trinajstić information content (AvgIpc) is 3.20. The molecule has 1 aromatic carbocycles. The molecule has 134 valence electrons. The minimum atomic E-state index is -1.87. The van der Waals surface area contributed by atoms with Crippen LogP contribution in [0.25, 0.3) is 11.0 Å². The molecule has 0 spiro atoms. The standard InChI is InChI=1S/C15H13BClN3O5S/c17-12-6-18-15(26-12)20-14(22)13(21)19-11(16(23)24)5-8-7-25-10-4-2-1-3-9(8)10/h1-4,6-7,11,23-24H,5H2,(H,19,21)(H,18,20,22)/t11-/m0/s1. The van der Waals surface area contributed by atoms with Gasteiger partial charge in [-0.15, -0.1) is 0 Å². The summed E-state index contributed by atoms with van der Waals surface area (Å²) in [4.78, 5) is 27.8. The van der Waals surface area contributed by atoms with Crippen LogP contribution in [0.3, 0.4) is 0 Å². The molecule has 3 aromatic rings. The lowest BCUT2D eigenvalue weighted by Crippen LogP contribution is -2.51. The summed E-state index contributed by atoms with van der Waals surface area (Å²) >= 11 is 6.70. The van der Waals surface area contributed by atoms with Crippen LogP contribution in [-0.2, 0) is 16.0 Å². The molecule has 3 rings (SSSR count). The number of para-hydroxylation sites is 1. The molecule has 0 saturated carbocycles. The van der Waals surface area contributed by atoms with E-state index in [2.05, 4.69) is 15.6 Å². The van der Waals surface area contributed by atoms with Crippen LogP contribution in [0, 0.1) is 0 Å². The van der Waals surface area contributed by atoms with Crippen molar-refractivity contribution in [1.82, 2.24) is 10.3 Å². The first-order chi connectivity index (χ1) is 12.4. The summed E-state index contributed by atoms with van der Waals surface area (Å²) in [5.41, 5.74) is 1.31. The number of benzene rings is 1. The van der Waals surface area contributed by atoms with Crippen LogP contribution in [0.5, 0.6) is 0 Å². The Morgan fingerprint density at radius 3 is 2.77 bits per heavy atom. The molecule has 0 aliphatic rings. The maximum Gasteiger partial charge on any atom is 0.475 e. The van der Waals surface area contributed by atoms with Gasteiger partial charge in [0.25, 0.3) is 0 Å². The monoisotopic (exact) mass is 393 g/mol. The number of hydrogen-bond donors (Lipinski definition) is 4. The van der Waals surface area contributed by atoms with Crippen molar-refractivity contribution in [2.24, 2.45) is 0 Å². The lowest BCUT2D eigenvalue weighted by atomic mass is 9.76. The van der Waals surface area contributed by atoms with Crippen molar-refractivity contribution < 1.29 is 24.1 Å². The van der Waals surface area contributed by atoms with E-state index in [0.717, 1.165) is 16.7 Å². The molecule has 0 aliphatic heterocycles. The second-order valence-electron chi connectivity index (χ2n) is 5.38. The number of aromatic nitrogens is 1. The molecule has 11 heteroatoms. The number of furan rings is 1. The smallest absolute Gasteiger partial charge is 0.464 e. The van der Waals surface area contributed by atoms with Crippen LogP contribution in [0.1, 0.15) is 5.56 Å². The zero-order valence-corrected chi connectivity index (χ0v) is 14.8. The summed E-state index contributed by atoms with van der Waals surface area (Å²) < 4.78 is 5.75. The van der Waals surface area contributed by atoms with Gasteiger partial charge in [0.05, 0.1) is 18.4 Å². The highest BCUT2D eigenvalue weighted by Crippen LogP contribution is 2.23. The third kappa shape index (κ3) is 4.22. The molecular formula is C15H13BClN3O5S. The average molecular weight is 394 g/mol. The summed E-state index contributed by atoms with van der Waals surface area (Å²) in [7, 11) is -1.87. The molecule has 2 heterocycles. The van der Waals surface area contributed by atoms with Crippen LogP contribution in [-0.4, -0.2) is 39.9 Å². The molecule has 0 fully saturated rings. The molecule has 1 atom stereocenters. The number of fused-ring (bicyclic) bond motifs is 1. The molecule has 0 aliphatic carbocycles. The van der Waals surface area contributed by atoms with Gasteiger partial charge in [-0.2, -0.15) is 0 Å². The van der Waals surface area contributed by atoms with Gasteiger partial charge in [-0.25, -0.2) is 4.98 Å². The lowest BCUT2D eigenvalue weighted by Gasteiger charge is -2.16. The van der Waals surface area contributed by atoms with E-state index < -0.39 is 24.9 Å². The van der Waals surface area contributed by atoms with E-state index in [9.17, 15) is 19.6 Å². The minimum absolute atomic E-state index is 0.0663. The van der Waals surface area contributed by atoms with Crippen molar-refractivity contribution >= 4 is 58.0 Å². The molecule has 0 unspecified atom stereocenters. The van der Waals surface area contributed by atoms with Gasteiger partial charge in [0, 0.05) is 5.39 Å². The highest BCUT2D eigenvalue weighted by Gasteiger charge is 2.29. The SMILES string of the molecule is O=C(Nc1ncc(Cl)s1)C(=O)N[C@@H](Cc1coc2ccccc12)B(O)O. The van der Waals surface area contributed by atoms with E-state index in [1.165, 1.54) is 12.5 Å². The number of carbonyl (C=O) groups is 2. The maximum atomic E-state index is 12.0. The quantitative estimate of drug-likeness (QED) is 0.381. The lowest BCUT2D eigenvalue weighted by molar-refractivity contribution is -0.136. The van der Waals surface area contributed by atoms with Gasteiger partial charge >= 0.3 is 18.9 Å². The molecule has 4 N–H and O–H groups in total. The number of nitrogens with zero attached hydrogens (tertiary/aromatic N) is 1. The number of nitrogens with one attached hydrogen (secondary N) is 2. The molecule has 8 nitrogen and oxygen atoms in total. The van der Waals surface area contributed by atoms with Crippen LogP contribution in [0.2, 0.25) is 4.34 Å². The van der Waals surface area contributed by atoms with E-state index in [1.807, 2.05) is 18.2 Å². The van der Waals surface area contributed by atoms with E-state index in [1.54, 1.807) is 6.07 Å². The Balaban J connectivity index is 1.68. The van der Waals surface area contributed by atoms with Crippen molar-refractivity contribution in [3.63, 3.8) is 0 Å². The second kappa shape index (κ2) is 7.87. The summed E-state index contributed by atoms with van der Waals surface area (Å²) in [6.07, 6.45) is 2.88. The zero-order valence-electron chi connectivity index (χ0n) is 13.2. The topological polar surface area (TPSA) is 125 Å². The first-order valence-corrected chi connectivity index (χ1v) is 8.68. The largest absolute Gasteiger partial charge is 0.475 e. The predicted octanol–water partition coefficient (Wildman–Crippen LogP) is 1.22. The van der Waals surface area contributed by atoms with Crippen molar-refractivity contribution in [1.29, 1.82) is 0 Å². The number of halogens is 1. The van der Waals surface area contributed by atoms with Gasteiger partial charge in [0.2, 0.25) is 0 Å². The molecule has 26 heavy (non-hydrogen) atoms. The summed E-state index contributed by atoms with van der Waals surface area (Å²) in [5.74, 6) is -3.12. The fourth-order valence-electron chi connectivity index (χ4n) is 2.36. The first-order valence-electron chi connectivity index (χ1n) is 7.48. The fraction of sp³-hybridized carbons (Fsp3) is 0.133. The molecular weight excluding hydrogens is 381 g/mol. The zero-order chi connectivity index (χ0) is 18.7. The normalized spacial score (nSPS) is 12.0.